The van der Waals surface area contributed by atoms with Crippen LogP contribution in [-0.4, -0.2) is 52.9 Å². The van der Waals surface area contributed by atoms with Crippen LogP contribution in [0.5, 0.6) is 11.5 Å². The lowest BCUT2D eigenvalue weighted by Gasteiger charge is -2.35. The number of piperidine rings is 1. The Morgan fingerprint density at radius 2 is 1.69 bits per heavy atom. The predicted octanol–water partition coefficient (Wildman–Crippen LogP) is 3.71. The number of ether oxygens (including phenoxy) is 2. The molecule has 0 amide bonds. The number of nitrogens with zero attached hydrogens (tertiary/aromatic N) is 2. The molecule has 0 aromatic heterocycles. The monoisotopic (exact) mass is 440 g/mol. The number of anilines is 1. The van der Waals surface area contributed by atoms with Crippen LogP contribution >= 0.6 is 0 Å². The number of methoxy groups -OCH3 is 2. The van der Waals surface area contributed by atoms with Crippen LogP contribution in [0.4, 0.5) is 10.1 Å². The Kier molecular flexibility index (Phi) is 6.72. The maximum absolute atomic E-state index is 13.3. The molecule has 2 N–H and O–H groups in total. The zero-order valence-electron chi connectivity index (χ0n) is 19.2. The van der Waals surface area contributed by atoms with Crippen LogP contribution in [0.15, 0.2) is 47.5 Å². The number of benzene rings is 2. The van der Waals surface area contributed by atoms with Crippen LogP contribution in [0.25, 0.3) is 0 Å². The number of guanidine groups is 1. The summed E-state index contributed by atoms with van der Waals surface area (Å²) in [4.78, 5) is 6.80. The molecule has 2 aromatic carbocycles. The van der Waals surface area contributed by atoms with Crippen LogP contribution in [0, 0.1) is 5.82 Å². The lowest BCUT2D eigenvalue weighted by atomic mass is 9.96. The van der Waals surface area contributed by atoms with Crippen LogP contribution in [0.1, 0.15) is 31.2 Å². The lowest BCUT2D eigenvalue weighted by Crippen LogP contribution is -2.50. The summed E-state index contributed by atoms with van der Waals surface area (Å²) in [5.41, 5.74) is 2.42. The molecule has 7 heteroatoms. The first-order chi connectivity index (χ1) is 15.5. The zero-order chi connectivity index (χ0) is 22.6. The van der Waals surface area contributed by atoms with Crippen molar-refractivity contribution in [2.45, 2.75) is 37.1 Å². The molecule has 0 unspecified atom stereocenters. The minimum atomic E-state index is -0.186. The van der Waals surface area contributed by atoms with Crippen molar-refractivity contribution in [2.75, 3.05) is 45.8 Å². The summed E-state index contributed by atoms with van der Waals surface area (Å²) in [5, 5.41) is 7.09. The molecular weight excluding hydrogens is 407 g/mol. The number of aliphatic imine (C=N–C) groups is 1. The molecule has 0 atom stereocenters. The van der Waals surface area contributed by atoms with E-state index < -0.39 is 0 Å². The van der Waals surface area contributed by atoms with Crippen molar-refractivity contribution in [2.24, 2.45) is 4.99 Å². The molecule has 172 valence electrons. The average Bonchev–Trinajstić information content (AvgIpc) is 3.63. The smallest absolute Gasteiger partial charge is 0.191 e. The summed E-state index contributed by atoms with van der Waals surface area (Å²) in [7, 11) is 5.16. The summed E-state index contributed by atoms with van der Waals surface area (Å²) >= 11 is 0. The van der Waals surface area contributed by atoms with Crippen molar-refractivity contribution in [1.29, 1.82) is 0 Å². The van der Waals surface area contributed by atoms with Crippen LogP contribution in [-0.2, 0) is 5.41 Å². The second kappa shape index (κ2) is 9.67. The molecule has 0 bridgehead atoms. The Bertz CT molecular complexity index is 913. The fourth-order valence-electron chi connectivity index (χ4n) is 4.42. The van der Waals surface area contributed by atoms with E-state index in [0.29, 0.717) is 6.04 Å². The highest BCUT2D eigenvalue weighted by molar-refractivity contribution is 5.80. The third-order valence-corrected chi connectivity index (χ3v) is 6.67. The Balaban J connectivity index is 1.29. The molecule has 1 saturated carbocycles. The van der Waals surface area contributed by atoms with Gasteiger partial charge < -0.3 is 25.0 Å². The molecule has 0 radical (unpaired) electrons. The van der Waals surface area contributed by atoms with Gasteiger partial charge >= 0.3 is 0 Å². The van der Waals surface area contributed by atoms with Crippen molar-refractivity contribution in [3.63, 3.8) is 0 Å². The van der Waals surface area contributed by atoms with Crippen molar-refractivity contribution in [3.8, 4) is 11.5 Å². The summed E-state index contributed by atoms with van der Waals surface area (Å²) in [6.07, 6.45) is 4.27. The SMILES string of the molecule is CN=C(NCC1(c2ccc(F)cc2)CC1)NC1CCN(c2cc(OC)cc(OC)c2)CC1. The van der Waals surface area contributed by atoms with Gasteiger partial charge in [0.2, 0.25) is 0 Å². The molecule has 2 fully saturated rings. The van der Waals surface area contributed by atoms with Crippen molar-refractivity contribution in [3.05, 3.63) is 53.8 Å². The second-order valence-electron chi connectivity index (χ2n) is 8.69. The Morgan fingerprint density at radius 1 is 1.06 bits per heavy atom. The van der Waals surface area contributed by atoms with Gasteiger partial charge in [-0.25, -0.2) is 4.39 Å². The molecule has 1 aliphatic carbocycles. The number of rotatable bonds is 7. The van der Waals surface area contributed by atoms with Gasteiger partial charge in [-0.1, -0.05) is 12.1 Å². The van der Waals surface area contributed by atoms with E-state index in [4.69, 9.17) is 9.47 Å². The van der Waals surface area contributed by atoms with E-state index in [1.807, 2.05) is 25.2 Å². The maximum Gasteiger partial charge on any atom is 0.191 e. The van der Waals surface area contributed by atoms with Crippen molar-refractivity contribution < 1.29 is 13.9 Å². The highest BCUT2D eigenvalue weighted by atomic mass is 19.1. The molecule has 1 aliphatic heterocycles. The third kappa shape index (κ3) is 5.09. The Morgan fingerprint density at radius 3 is 2.22 bits per heavy atom. The summed E-state index contributed by atoms with van der Waals surface area (Å²) < 4.78 is 24.1. The maximum atomic E-state index is 13.3. The van der Waals surface area contributed by atoms with E-state index in [1.54, 1.807) is 26.4 Å². The molecular formula is C25H33FN4O2. The molecule has 2 aromatic rings. The molecule has 2 aliphatic rings. The minimum absolute atomic E-state index is 0.0973. The van der Waals surface area contributed by atoms with E-state index in [2.05, 4.69) is 32.7 Å². The number of hydrogen-bond acceptors (Lipinski definition) is 4. The van der Waals surface area contributed by atoms with Gasteiger partial charge in [-0.05, 0) is 43.4 Å². The van der Waals surface area contributed by atoms with Crippen molar-refractivity contribution >= 4 is 11.6 Å². The van der Waals surface area contributed by atoms with Gasteiger partial charge in [0.25, 0.3) is 0 Å². The standard InChI is InChI=1S/C25H33FN4O2/c1-27-24(28-17-25(10-11-25)18-4-6-19(26)7-5-18)29-20-8-12-30(13-9-20)21-14-22(31-2)16-23(15-21)32-3/h4-7,14-16,20H,8-13,17H2,1-3H3,(H2,27,28,29). The van der Waals surface area contributed by atoms with Gasteiger partial charge in [0.15, 0.2) is 5.96 Å². The highest BCUT2D eigenvalue weighted by Crippen LogP contribution is 2.47. The van der Waals surface area contributed by atoms with Gasteiger partial charge in [0.05, 0.1) is 14.2 Å². The van der Waals surface area contributed by atoms with E-state index in [9.17, 15) is 4.39 Å². The van der Waals surface area contributed by atoms with Crippen LogP contribution in [0.2, 0.25) is 0 Å². The number of nitrogens with one attached hydrogen (secondary N) is 2. The first-order valence-corrected chi connectivity index (χ1v) is 11.3. The molecule has 32 heavy (non-hydrogen) atoms. The summed E-state index contributed by atoms with van der Waals surface area (Å²) in [5.74, 6) is 2.26. The third-order valence-electron chi connectivity index (χ3n) is 6.67. The molecule has 6 nitrogen and oxygen atoms in total. The van der Waals surface area contributed by atoms with Crippen LogP contribution in [0.3, 0.4) is 0 Å². The van der Waals surface area contributed by atoms with Crippen LogP contribution < -0.4 is 25.0 Å². The number of halogens is 1. The fourth-order valence-corrected chi connectivity index (χ4v) is 4.42. The predicted molar refractivity (Wildman–Crippen MR) is 127 cm³/mol. The normalized spacial score (nSPS) is 18.2. The Labute approximate surface area is 189 Å². The summed E-state index contributed by atoms with van der Waals surface area (Å²) in [6, 6.07) is 13.3. The number of hydrogen-bond donors (Lipinski definition) is 2. The van der Waals surface area contributed by atoms with Crippen molar-refractivity contribution in [1.82, 2.24) is 10.6 Å². The Hall–Kier alpha value is -2.96. The van der Waals surface area contributed by atoms with Gasteiger partial charge in [-0.15, -0.1) is 0 Å². The van der Waals surface area contributed by atoms with Gasteiger partial charge in [-0.3, -0.25) is 4.99 Å². The second-order valence-corrected chi connectivity index (χ2v) is 8.69. The van der Waals surface area contributed by atoms with E-state index >= 15 is 0 Å². The zero-order valence-corrected chi connectivity index (χ0v) is 19.2. The average molecular weight is 441 g/mol. The van der Waals surface area contributed by atoms with Gasteiger partial charge in [0.1, 0.15) is 17.3 Å². The lowest BCUT2D eigenvalue weighted by molar-refractivity contribution is 0.393. The molecule has 4 rings (SSSR count). The highest BCUT2D eigenvalue weighted by Gasteiger charge is 2.44. The molecule has 1 saturated heterocycles. The molecule has 0 spiro atoms. The van der Waals surface area contributed by atoms with E-state index in [1.165, 1.54) is 5.56 Å². The largest absolute Gasteiger partial charge is 0.497 e. The minimum Gasteiger partial charge on any atom is -0.497 e. The van der Waals surface area contributed by atoms with Gasteiger partial charge in [-0.2, -0.15) is 0 Å². The van der Waals surface area contributed by atoms with Gasteiger partial charge in [0, 0.05) is 62.0 Å². The quantitative estimate of drug-likeness (QED) is 0.508. The first-order valence-electron chi connectivity index (χ1n) is 11.3. The fraction of sp³-hybridized carbons (Fsp3) is 0.480. The van der Waals surface area contributed by atoms with E-state index in [0.717, 1.165) is 68.5 Å². The summed E-state index contributed by atoms with van der Waals surface area (Å²) in [6.45, 7) is 2.70. The topological polar surface area (TPSA) is 58.1 Å². The van der Waals surface area contributed by atoms with E-state index in [-0.39, 0.29) is 11.2 Å². The molecule has 1 heterocycles. The first kappa shape index (κ1) is 22.2.